The maximum atomic E-state index is 15.2. The highest BCUT2D eigenvalue weighted by Crippen LogP contribution is 2.40. The number of halogens is 3. The van der Waals surface area contributed by atoms with E-state index in [-0.39, 0.29) is 40.3 Å². The summed E-state index contributed by atoms with van der Waals surface area (Å²) >= 11 is 3.55. The monoisotopic (exact) mass is 666 g/mol. The van der Waals surface area contributed by atoms with Crippen LogP contribution in [0.2, 0.25) is 0 Å². The zero-order valence-electron chi connectivity index (χ0n) is 24.5. The first-order valence-electron chi connectivity index (χ1n) is 14.2. The number of aromatic amines is 2. The standard InChI is InChI=1S/C33H33BrF2N4O4/c1-32(2,17-28(42)43)11-5-12-33(3,19-6-4-7-20(34)14-19)31-38-30(39-40-31)23-15-21(8-9-25(23)35)44-29-24(18-41)22-10-13-37-27(22)16-26(29)36/h4,6-10,13-16,37,41H,5,11-12,17-18H2,1-3H3,(H,42,43)(H,38,39,40). The molecule has 0 fully saturated rings. The largest absolute Gasteiger partial charge is 0.481 e. The number of hydrogen-bond donors (Lipinski definition) is 4. The third kappa shape index (κ3) is 6.53. The number of fused-ring (bicyclic) bond motifs is 1. The van der Waals surface area contributed by atoms with E-state index >= 15 is 8.78 Å². The van der Waals surface area contributed by atoms with E-state index in [9.17, 15) is 15.0 Å². The molecule has 0 aliphatic carbocycles. The fraction of sp³-hybridized carbons (Fsp3) is 0.303. The molecule has 3 aromatic carbocycles. The highest BCUT2D eigenvalue weighted by molar-refractivity contribution is 9.10. The first-order valence-corrected chi connectivity index (χ1v) is 15.0. The lowest BCUT2D eigenvalue weighted by Crippen LogP contribution is -2.26. The molecule has 5 aromatic rings. The number of ether oxygens (including phenoxy) is 1. The minimum absolute atomic E-state index is 0.0630. The second kappa shape index (κ2) is 12.5. The highest BCUT2D eigenvalue weighted by Gasteiger charge is 2.34. The van der Waals surface area contributed by atoms with E-state index < -0.39 is 29.6 Å². The van der Waals surface area contributed by atoms with Crippen molar-refractivity contribution in [1.82, 2.24) is 20.2 Å². The van der Waals surface area contributed by atoms with Crippen molar-refractivity contribution in [3.05, 3.63) is 93.9 Å². The van der Waals surface area contributed by atoms with E-state index in [4.69, 9.17) is 4.74 Å². The van der Waals surface area contributed by atoms with E-state index in [1.807, 2.05) is 45.0 Å². The van der Waals surface area contributed by atoms with E-state index in [2.05, 4.69) is 36.1 Å². The molecule has 4 N–H and O–H groups in total. The highest BCUT2D eigenvalue weighted by atomic mass is 79.9. The number of aliphatic hydroxyl groups is 1. The van der Waals surface area contributed by atoms with Gasteiger partial charge in [0.1, 0.15) is 17.4 Å². The van der Waals surface area contributed by atoms with Crippen LogP contribution < -0.4 is 4.74 Å². The number of hydrogen-bond acceptors (Lipinski definition) is 5. The average Bonchev–Trinajstić information content (AvgIpc) is 3.64. The Morgan fingerprint density at radius 1 is 1.02 bits per heavy atom. The number of rotatable bonds is 12. The number of aromatic nitrogens is 4. The van der Waals surface area contributed by atoms with Gasteiger partial charge in [-0.3, -0.25) is 4.79 Å². The van der Waals surface area contributed by atoms with Gasteiger partial charge in [-0.05, 0) is 67.1 Å². The number of carboxylic acids is 1. The number of aliphatic hydroxyl groups excluding tert-OH is 1. The van der Waals surface area contributed by atoms with Crippen molar-refractivity contribution in [3.63, 3.8) is 0 Å². The Kier molecular flexibility index (Phi) is 8.90. The molecule has 0 radical (unpaired) electrons. The van der Waals surface area contributed by atoms with Gasteiger partial charge in [-0.15, -0.1) is 10.2 Å². The Bertz CT molecular complexity index is 1820. The molecule has 0 aliphatic rings. The van der Waals surface area contributed by atoms with Crippen LogP contribution in [0, 0.1) is 17.0 Å². The number of carbonyl (C=O) groups is 1. The van der Waals surface area contributed by atoms with Crippen LogP contribution in [-0.4, -0.2) is 36.3 Å². The Morgan fingerprint density at radius 3 is 2.55 bits per heavy atom. The van der Waals surface area contributed by atoms with Crippen LogP contribution in [0.4, 0.5) is 8.78 Å². The van der Waals surface area contributed by atoms with Crippen molar-refractivity contribution in [1.29, 1.82) is 0 Å². The van der Waals surface area contributed by atoms with Crippen molar-refractivity contribution < 1.29 is 28.5 Å². The minimum Gasteiger partial charge on any atom is -0.481 e. The van der Waals surface area contributed by atoms with Gasteiger partial charge in [-0.25, -0.2) is 8.78 Å². The molecule has 2 aromatic heterocycles. The zero-order chi connectivity index (χ0) is 31.6. The number of carboxylic acid groups (broad SMARTS) is 1. The summed E-state index contributed by atoms with van der Waals surface area (Å²) in [6.07, 6.45) is 3.72. The number of nitrogens with zero attached hydrogens (tertiary/aromatic N) is 2. The Labute approximate surface area is 261 Å². The number of aliphatic carboxylic acids is 1. The van der Waals surface area contributed by atoms with Crippen molar-refractivity contribution in [2.75, 3.05) is 0 Å². The quantitative estimate of drug-likeness (QED) is 0.106. The molecule has 0 spiro atoms. The van der Waals surface area contributed by atoms with E-state index in [1.165, 1.54) is 24.3 Å². The normalized spacial score (nSPS) is 13.2. The van der Waals surface area contributed by atoms with Gasteiger partial charge in [0, 0.05) is 33.2 Å². The molecule has 11 heteroatoms. The third-order valence-electron chi connectivity index (χ3n) is 8.07. The fourth-order valence-electron chi connectivity index (χ4n) is 5.64. The van der Waals surface area contributed by atoms with Gasteiger partial charge in [-0.2, -0.15) is 0 Å². The predicted molar refractivity (Wildman–Crippen MR) is 167 cm³/mol. The second-order valence-electron chi connectivity index (χ2n) is 12.0. The Hall–Kier alpha value is -4.09. The van der Waals surface area contributed by atoms with Crippen LogP contribution in [0.5, 0.6) is 11.5 Å². The molecule has 0 saturated heterocycles. The molecule has 0 amide bonds. The lowest BCUT2D eigenvalue weighted by atomic mass is 9.75. The fourth-order valence-corrected chi connectivity index (χ4v) is 6.04. The molecule has 0 bridgehead atoms. The molecule has 8 nitrogen and oxygen atoms in total. The van der Waals surface area contributed by atoms with Crippen molar-refractivity contribution in [3.8, 4) is 22.9 Å². The summed E-state index contributed by atoms with van der Waals surface area (Å²) in [6.45, 7) is 5.44. The van der Waals surface area contributed by atoms with Crippen molar-refractivity contribution >= 4 is 32.8 Å². The minimum atomic E-state index is -0.835. The van der Waals surface area contributed by atoms with Crippen LogP contribution in [-0.2, 0) is 16.8 Å². The summed E-state index contributed by atoms with van der Waals surface area (Å²) in [5.74, 6) is -1.41. The smallest absolute Gasteiger partial charge is 0.303 e. The summed E-state index contributed by atoms with van der Waals surface area (Å²) in [4.78, 5) is 17.5. The zero-order valence-corrected chi connectivity index (χ0v) is 26.1. The van der Waals surface area contributed by atoms with E-state index in [0.717, 1.165) is 10.0 Å². The van der Waals surface area contributed by atoms with Crippen LogP contribution in [0.1, 0.15) is 63.4 Å². The molecular weight excluding hydrogens is 634 g/mol. The van der Waals surface area contributed by atoms with Crippen LogP contribution >= 0.6 is 15.9 Å². The topological polar surface area (TPSA) is 124 Å². The number of nitrogens with one attached hydrogen (secondary N) is 2. The van der Waals surface area contributed by atoms with Gasteiger partial charge in [0.25, 0.3) is 0 Å². The van der Waals surface area contributed by atoms with Gasteiger partial charge in [-0.1, -0.05) is 48.3 Å². The van der Waals surface area contributed by atoms with E-state index in [1.54, 1.807) is 12.3 Å². The number of H-pyrrole nitrogens is 2. The second-order valence-corrected chi connectivity index (χ2v) is 12.9. The SMILES string of the molecule is CC(C)(CCCC(C)(c1cccc(Br)c1)c1nnc(-c2cc(Oc3c(F)cc4[nH]ccc4c3CO)ccc2F)[nH]1)CC(=O)O. The summed E-state index contributed by atoms with van der Waals surface area (Å²) < 4.78 is 36.9. The molecule has 0 aliphatic heterocycles. The molecular formula is C33H33BrF2N4O4. The van der Waals surface area contributed by atoms with Gasteiger partial charge in [0.2, 0.25) is 0 Å². The van der Waals surface area contributed by atoms with Gasteiger partial charge in [0.05, 0.1) is 24.0 Å². The van der Waals surface area contributed by atoms with Gasteiger partial charge < -0.3 is 24.9 Å². The van der Waals surface area contributed by atoms with Crippen LogP contribution in [0.3, 0.4) is 0 Å². The maximum absolute atomic E-state index is 15.2. The number of benzene rings is 3. The molecule has 1 atom stereocenters. The molecule has 230 valence electrons. The summed E-state index contributed by atoms with van der Waals surface area (Å²) in [5.41, 5.74) is 0.771. The first kappa shape index (κ1) is 31.3. The first-order chi connectivity index (χ1) is 20.9. The summed E-state index contributed by atoms with van der Waals surface area (Å²) in [7, 11) is 0. The Morgan fingerprint density at radius 2 is 1.82 bits per heavy atom. The lowest BCUT2D eigenvalue weighted by Gasteiger charge is -2.30. The summed E-state index contributed by atoms with van der Waals surface area (Å²) in [6, 6.07) is 14.8. The average molecular weight is 668 g/mol. The molecule has 44 heavy (non-hydrogen) atoms. The van der Waals surface area contributed by atoms with E-state index in [0.29, 0.717) is 36.0 Å². The Balaban J connectivity index is 1.47. The lowest BCUT2D eigenvalue weighted by molar-refractivity contribution is -0.139. The third-order valence-corrected chi connectivity index (χ3v) is 8.56. The maximum Gasteiger partial charge on any atom is 0.303 e. The van der Waals surface area contributed by atoms with Gasteiger partial charge >= 0.3 is 5.97 Å². The molecule has 0 saturated carbocycles. The molecule has 1 unspecified atom stereocenters. The van der Waals surface area contributed by atoms with Crippen molar-refractivity contribution in [2.24, 2.45) is 5.41 Å². The molecule has 2 heterocycles. The van der Waals surface area contributed by atoms with Crippen molar-refractivity contribution in [2.45, 2.75) is 58.5 Å². The molecule has 5 rings (SSSR count). The van der Waals surface area contributed by atoms with Gasteiger partial charge in [0.15, 0.2) is 17.4 Å². The van der Waals surface area contributed by atoms with Crippen LogP contribution in [0.25, 0.3) is 22.3 Å². The van der Waals surface area contributed by atoms with Crippen LogP contribution in [0.15, 0.2) is 65.3 Å². The predicted octanol–water partition coefficient (Wildman–Crippen LogP) is 8.26. The summed E-state index contributed by atoms with van der Waals surface area (Å²) in [5, 5.41) is 28.6.